The van der Waals surface area contributed by atoms with E-state index >= 15 is 0 Å². The minimum Gasteiger partial charge on any atom is -0.391 e. The molecule has 0 bridgehead atoms. The van der Waals surface area contributed by atoms with Crippen LogP contribution in [0.3, 0.4) is 0 Å². The van der Waals surface area contributed by atoms with E-state index in [-0.39, 0.29) is 0 Å². The Morgan fingerprint density at radius 1 is 1.31 bits per heavy atom. The Balaban J connectivity index is 2.55. The average Bonchev–Trinajstić information content (AvgIpc) is 2.31. The van der Waals surface area contributed by atoms with Gasteiger partial charge in [0.05, 0.1) is 17.6 Å². The van der Waals surface area contributed by atoms with E-state index in [9.17, 15) is 10.4 Å². The highest BCUT2D eigenvalue weighted by Crippen LogP contribution is 2.43. The number of hydrogen-bond donors (Lipinski definition) is 1. The highest BCUT2D eigenvalue weighted by Gasteiger charge is 2.40. The lowest BCUT2D eigenvalue weighted by Gasteiger charge is -2.38. The second kappa shape index (κ2) is 6.25. The van der Waals surface area contributed by atoms with E-state index in [1.165, 1.54) is 12.8 Å². The van der Waals surface area contributed by atoms with Crippen molar-refractivity contribution in [1.82, 2.24) is 0 Å². The van der Waals surface area contributed by atoms with Crippen LogP contribution in [-0.2, 0) is 0 Å². The van der Waals surface area contributed by atoms with Crippen LogP contribution < -0.4 is 0 Å². The van der Waals surface area contributed by atoms with Crippen molar-refractivity contribution in [2.24, 2.45) is 11.3 Å². The zero-order valence-electron chi connectivity index (χ0n) is 10.7. The molecule has 0 aromatic carbocycles. The summed E-state index contributed by atoms with van der Waals surface area (Å²) in [4.78, 5) is 0. The molecule has 2 heteroatoms. The summed E-state index contributed by atoms with van der Waals surface area (Å²) in [5, 5.41) is 19.5. The molecule has 1 fully saturated rings. The van der Waals surface area contributed by atoms with Gasteiger partial charge in [-0.05, 0) is 38.0 Å². The number of aliphatic hydroxyl groups excluding tert-OH is 1. The van der Waals surface area contributed by atoms with Crippen LogP contribution in [0, 0.1) is 22.7 Å². The van der Waals surface area contributed by atoms with E-state index < -0.39 is 11.5 Å². The van der Waals surface area contributed by atoms with Crippen LogP contribution in [0.2, 0.25) is 0 Å². The fourth-order valence-corrected chi connectivity index (χ4v) is 2.96. The molecule has 1 aliphatic carbocycles. The molecule has 0 spiro atoms. The lowest BCUT2D eigenvalue weighted by molar-refractivity contribution is 0.0189. The summed E-state index contributed by atoms with van der Waals surface area (Å²) in [6, 6.07) is 2.41. The zero-order chi connectivity index (χ0) is 12.0. The van der Waals surface area contributed by atoms with Gasteiger partial charge in [0.15, 0.2) is 0 Å². The molecular weight excluding hydrogens is 198 g/mol. The van der Waals surface area contributed by atoms with Gasteiger partial charge in [0.2, 0.25) is 0 Å². The highest BCUT2D eigenvalue weighted by molar-refractivity contribution is 5.05. The summed E-state index contributed by atoms with van der Waals surface area (Å²) in [5.41, 5.74) is -0.430. The summed E-state index contributed by atoms with van der Waals surface area (Å²) in [5.74, 6) is 0.792. The maximum absolute atomic E-state index is 10.1. The first-order chi connectivity index (χ1) is 7.68. The summed E-state index contributed by atoms with van der Waals surface area (Å²) in [6.45, 7) is 4.29. The van der Waals surface area contributed by atoms with Crippen molar-refractivity contribution in [2.45, 2.75) is 71.3 Å². The average molecular weight is 223 g/mol. The van der Waals surface area contributed by atoms with E-state index in [0.717, 1.165) is 44.4 Å². The molecule has 0 aromatic heterocycles. The van der Waals surface area contributed by atoms with Gasteiger partial charge < -0.3 is 5.11 Å². The predicted octanol–water partition coefficient (Wildman–Crippen LogP) is 3.65. The summed E-state index contributed by atoms with van der Waals surface area (Å²) < 4.78 is 0. The van der Waals surface area contributed by atoms with E-state index in [0.29, 0.717) is 0 Å². The van der Waals surface area contributed by atoms with Gasteiger partial charge in [0.1, 0.15) is 0 Å². The fraction of sp³-hybridized carbons (Fsp3) is 0.929. The number of rotatable bonds is 5. The van der Waals surface area contributed by atoms with Crippen LogP contribution in [0.4, 0.5) is 0 Å². The van der Waals surface area contributed by atoms with E-state index in [4.69, 9.17) is 0 Å². The first-order valence-electron chi connectivity index (χ1n) is 6.77. The molecule has 0 radical (unpaired) electrons. The maximum Gasteiger partial charge on any atom is 0.0832 e. The molecule has 16 heavy (non-hydrogen) atoms. The van der Waals surface area contributed by atoms with Crippen LogP contribution in [0.15, 0.2) is 0 Å². The quantitative estimate of drug-likeness (QED) is 0.773. The minimum absolute atomic E-state index is 0.412. The molecule has 0 saturated heterocycles. The van der Waals surface area contributed by atoms with Crippen LogP contribution in [0.25, 0.3) is 0 Å². The lowest BCUT2D eigenvalue weighted by atomic mass is 9.66. The third kappa shape index (κ3) is 2.98. The molecule has 1 saturated carbocycles. The smallest absolute Gasteiger partial charge is 0.0832 e. The Morgan fingerprint density at radius 2 is 1.94 bits per heavy atom. The first kappa shape index (κ1) is 13.5. The third-order valence-corrected chi connectivity index (χ3v) is 4.12. The molecule has 0 amide bonds. The Labute approximate surface area is 99.7 Å². The van der Waals surface area contributed by atoms with Gasteiger partial charge in [-0.3, -0.25) is 0 Å². The van der Waals surface area contributed by atoms with Gasteiger partial charge in [-0.15, -0.1) is 0 Å². The topological polar surface area (TPSA) is 44.0 Å². The molecule has 1 unspecified atom stereocenters. The highest BCUT2D eigenvalue weighted by atomic mass is 16.3. The van der Waals surface area contributed by atoms with Crippen LogP contribution in [0.5, 0.6) is 0 Å². The normalized spacial score (nSPS) is 32.0. The van der Waals surface area contributed by atoms with Crippen molar-refractivity contribution in [2.75, 3.05) is 0 Å². The number of hydrogen-bond acceptors (Lipinski definition) is 2. The molecule has 1 atom stereocenters. The summed E-state index contributed by atoms with van der Waals surface area (Å²) >= 11 is 0. The minimum atomic E-state index is -0.430. The van der Waals surface area contributed by atoms with Crippen LogP contribution in [-0.4, -0.2) is 11.2 Å². The van der Waals surface area contributed by atoms with Gasteiger partial charge >= 0.3 is 0 Å². The fourth-order valence-electron chi connectivity index (χ4n) is 2.96. The van der Waals surface area contributed by atoms with Crippen molar-refractivity contribution in [3.05, 3.63) is 0 Å². The summed E-state index contributed by atoms with van der Waals surface area (Å²) in [6.07, 6.45) is 7.89. The van der Waals surface area contributed by atoms with Gasteiger partial charge in [-0.1, -0.05) is 33.1 Å². The monoisotopic (exact) mass is 223 g/mol. The largest absolute Gasteiger partial charge is 0.391 e. The van der Waals surface area contributed by atoms with Crippen molar-refractivity contribution in [1.29, 1.82) is 5.26 Å². The van der Waals surface area contributed by atoms with Crippen molar-refractivity contribution >= 4 is 0 Å². The summed E-state index contributed by atoms with van der Waals surface area (Å²) in [7, 11) is 0. The molecule has 1 N–H and O–H groups in total. The van der Waals surface area contributed by atoms with Gasteiger partial charge in [-0.25, -0.2) is 0 Å². The van der Waals surface area contributed by atoms with Crippen molar-refractivity contribution in [3.63, 3.8) is 0 Å². The van der Waals surface area contributed by atoms with Gasteiger partial charge in [0.25, 0.3) is 0 Å². The number of nitrogens with zero attached hydrogens (tertiary/aromatic N) is 1. The second-order valence-electron chi connectivity index (χ2n) is 5.30. The van der Waals surface area contributed by atoms with Crippen LogP contribution in [0.1, 0.15) is 65.2 Å². The molecule has 0 aliphatic heterocycles. The second-order valence-corrected chi connectivity index (χ2v) is 5.30. The molecule has 2 nitrogen and oxygen atoms in total. The van der Waals surface area contributed by atoms with Gasteiger partial charge in [-0.2, -0.15) is 5.26 Å². The maximum atomic E-state index is 10.1. The number of nitriles is 1. The van der Waals surface area contributed by atoms with E-state index in [2.05, 4.69) is 19.9 Å². The van der Waals surface area contributed by atoms with Crippen LogP contribution >= 0.6 is 0 Å². The molecular formula is C14H25NO. The first-order valence-corrected chi connectivity index (χ1v) is 6.77. The lowest BCUT2D eigenvalue weighted by Crippen LogP contribution is -2.37. The Bertz CT molecular complexity index is 236. The van der Waals surface area contributed by atoms with Gasteiger partial charge in [0, 0.05) is 0 Å². The molecule has 92 valence electrons. The standard InChI is InChI=1S/C14H25NO/c1-3-5-12-7-9-14(11-15,10-8-12)13(16)6-4-2/h12-13,16H,3-10H2,1-2H3. The zero-order valence-corrected chi connectivity index (χ0v) is 10.7. The Morgan fingerprint density at radius 3 is 2.38 bits per heavy atom. The molecule has 1 aliphatic rings. The Kier molecular flexibility index (Phi) is 5.28. The van der Waals surface area contributed by atoms with Crippen molar-refractivity contribution in [3.8, 4) is 6.07 Å². The number of aliphatic hydroxyl groups is 1. The molecule has 0 aromatic rings. The SMILES string of the molecule is CCCC1CCC(C#N)(C(O)CCC)CC1. The molecule has 0 heterocycles. The Hall–Kier alpha value is -0.550. The van der Waals surface area contributed by atoms with E-state index in [1.54, 1.807) is 0 Å². The molecule has 1 rings (SSSR count). The third-order valence-electron chi connectivity index (χ3n) is 4.12. The predicted molar refractivity (Wildman–Crippen MR) is 65.8 cm³/mol. The van der Waals surface area contributed by atoms with Crippen molar-refractivity contribution < 1.29 is 5.11 Å². The van der Waals surface area contributed by atoms with E-state index in [1.807, 2.05) is 0 Å².